The standard InChI is InChI=1S/C14H22N2O4S/c1-10(2)16-21(19,20)13-6-4-12(5-7-13)14(18)15-11(3)8-9-17/h4-7,10-11,16-17H,8-9H2,1-3H3,(H,15,18). The van der Waals surface area contributed by atoms with Gasteiger partial charge in [-0.25, -0.2) is 13.1 Å². The Hall–Kier alpha value is -1.44. The van der Waals surface area contributed by atoms with Crippen LogP contribution in [0.15, 0.2) is 29.2 Å². The molecule has 21 heavy (non-hydrogen) atoms. The summed E-state index contributed by atoms with van der Waals surface area (Å²) in [6.45, 7) is 5.27. The van der Waals surface area contributed by atoms with Gasteiger partial charge in [-0.15, -0.1) is 0 Å². The van der Waals surface area contributed by atoms with Gasteiger partial charge in [-0.2, -0.15) is 0 Å². The van der Waals surface area contributed by atoms with Crippen molar-refractivity contribution in [3.63, 3.8) is 0 Å². The van der Waals surface area contributed by atoms with Gasteiger partial charge in [0.15, 0.2) is 0 Å². The van der Waals surface area contributed by atoms with Crippen LogP contribution in [-0.2, 0) is 10.0 Å². The fourth-order valence-corrected chi connectivity index (χ4v) is 2.99. The normalized spacial score (nSPS) is 13.2. The van der Waals surface area contributed by atoms with Crippen LogP contribution in [0.5, 0.6) is 0 Å². The van der Waals surface area contributed by atoms with Crippen LogP contribution < -0.4 is 10.0 Å². The molecule has 7 heteroatoms. The van der Waals surface area contributed by atoms with Crippen molar-refractivity contribution in [3.05, 3.63) is 29.8 Å². The number of benzene rings is 1. The molecule has 0 saturated heterocycles. The number of sulfonamides is 1. The quantitative estimate of drug-likeness (QED) is 0.696. The van der Waals surface area contributed by atoms with Crippen LogP contribution in [0.25, 0.3) is 0 Å². The number of carbonyl (C=O) groups excluding carboxylic acids is 1. The molecule has 0 aliphatic rings. The Morgan fingerprint density at radius 2 is 1.76 bits per heavy atom. The molecule has 0 aromatic heterocycles. The van der Waals surface area contributed by atoms with Crippen molar-refractivity contribution >= 4 is 15.9 Å². The van der Waals surface area contributed by atoms with Gasteiger partial charge in [0, 0.05) is 24.3 Å². The monoisotopic (exact) mass is 314 g/mol. The molecular weight excluding hydrogens is 292 g/mol. The number of hydrogen-bond donors (Lipinski definition) is 3. The first-order chi connectivity index (χ1) is 9.76. The zero-order valence-corrected chi connectivity index (χ0v) is 13.3. The van der Waals surface area contributed by atoms with Crippen LogP contribution in [0.2, 0.25) is 0 Å². The lowest BCUT2D eigenvalue weighted by molar-refractivity contribution is 0.0934. The van der Waals surface area contributed by atoms with E-state index >= 15 is 0 Å². The van der Waals surface area contributed by atoms with E-state index in [1.165, 1.54) is 24.3 Å². The molecule has 3 N–H and O–H groups in total. The van der Waals surface area contributed by atoms with Crippen molar-refractivity contribution in [2.24, 2.45) is 0 Å². The first-order valence-electron chi connectivity index (χ1n) is 6.80. The van der Waals surface area contributed by atoms with Crippen molar-refractivity contribution in [1.82, 2.24) is 10.0 Å². The molecule has 6 nitrogen and oxygen atoms in total. The first-order valence-corrected chi connectivity index (χ1v) is 8.28. The van der Waals surface area contributed by atoms with E-state index < -0.39 is 10.0 Å². The second-order valence-corrected chi connectivity index (χ2v) is 6.90. The van der Waals surface area contributed by atoms with E-state index in [2.05, 4.69) is 10.0 Å². The molecule has 0 bridgehead atoms. The van der Waals surface area contributed by atoms with Gasteiger partial charge in [-0.05, 0) is 51.5 Å². The molecule has 1 aromatic carbocycles. The number of aliphatic hydroxyl groups is 1. The van der Waals surface area contributed by atoms with E-state index in [-0.39, 0.29) is 29.5 Å². The second kappa shape index (κ2) is 7.53. The van der Waals surface area contributed by atoms with Crippen LogP contribution in [0.4, 0.5) is 0 Å². The summed E-state index contributed by atoms with van der Waals surface area (Å²) in [6.07, 6.45) is 0.469. The topological polar surface area (TPSA) is 95.5 Å². The zero-order valence-electron chi connectivity index (χ0n) is 12.5. The first kappa shape index (κ1) is 17.6. The predicted octanol–water partition coefficient (Wildman–Crippen LogP) is 0.874. The SMILES string of the molecule is CC(C)NS(=O)(=O)c1ccc(C(=O)NC(C)CCO)cc1. The molecule has 0 aliphatic heterocycles. The minimum Gasteiger partial charge on any atom is -0.396 e. The average molecular weight is 314 g/mol. The smallest absolute Gasteiger partial charge is 0.251 e. The van der Waals surface area contributed by atoms with E-state index in [4.69, 9.17) is 5.11 Å². The molecule has 1 rings (SSSR count). The van der Waals surface area contributed by atoms with Crippen LogP contribution in [-0.4, -0.2) is 38.1 Å². The van der Waals surface area contributed by atoms with Crippen molar-refractivity contribution in [3.8, 4) is 0 Å². The molecule has 0 heterocycles. The van der Waals surface area contributed by atoms with E-state index in [1.807, 2.05) is 0 Å². The lowest BCUT2D eigenvalue weighted by atomic mass is 10.2. The predicted molar refractivity (Wildman–Crippen MR) is 80.5 cm³/mol. The van der Waals surface area contributed by atoms with E-state index in [1.54, 1.807) is 20.8 Å². The lowest BCUT2D eigenvalue weighted by Gasteiger charge is -2.13. The zero-order chi connectivity index (χ0) is 16.0. The number of nitrogens with one attached hydrogen (secondary N) is 2. The minimum atomic E-state index is -3.55. The van der Waals surface area contributed by atoms with Crippen LogP contribution in [0.1, 0.15) is 37.6 Å². The van der Waals surface area contributed by atoms with Crippen LogP contribution >= 0.6 is 0 Å². The second-order valence-electron chi connectivity index (χ2n) is 5.19. The van der Waals surface area contributed by atoms with Gasteiger partial charge in [0.25, 0.3) is 5.91 Å². The maximum absolute atomic E-state index is 11.9. The number of amides is 1. The van der Waals surface area contributed by atoms with Gasteiger partial charge in [-0.1, -0.05) is 0 Å². The molecular formula is C14H22N2O4S. The summed E-state index contributed by atoms with van der Waals surface area (Å²) >= 11 is 0. The van der Waals surface area contributed by atoms with Gasteiger partial charge in [0.2, 0.25) is 10.0 Å². The Balaban J connectivity index is 2.81. The number of carbonyl (C=O) groups is 1. The van der Waals surface area contributed by atoms with Gasteiger partial charge in [0.1, 0.15) is 0 Å². The Morgan fingerprint density at radius 3 is 2.24 bits per heavy atom. The Bertz CT molecular complexity index is 567. The number of aliphatic hydroxyl groups excluding tert-OH is 1. The molecule has 1 aromatic rings. The molecule has 1 unspecified atom stereocenters. The maximum atomic E-state index is 11.9. The fourth-order valence-electron chi connectivity index (χ4n) is 1.74. The largest absolute Gasteiger partial charge is 0.396 e. The molecule has 0 radical (unpaired) electrons. The van der Waals surface area contributed by atoms with Gasteiger partial charge >= 0.3 is 0 Å². The molecule has 1 amide bonds. The summed E-state index contributed by atoms with van der Waals surface area (Å²) in [5.41, 5.74) is 0.378. The average Bonchev–Trinajstić information content (AvgIpc) is 2.37. The number of rotatable bonds is 7. The summed E-state index contributed by atoms with van der Waals surface area (Å²) in [4.78, 5) is 12.0. The summed E-state index contributed by atoms with van der Waals surface area (Å²) in [5, 5.41) is 11.5. The molecule has 0 saturated carbocycles. The van der Waals surface area contributed by atoms with Gasteiger partial charge in [0.05, 0.1) is 4.90 Å². The third-order valence-electron chi connectivity index (χ3n) is 2.76. The van der Waals surface area contributed by atoms with E-state index in [0.29, 0.717) is 12.0 Å². The summed E-state index contributed by atoms with van der Waals surface area (Å²) in [7, 11) is -3.55. The molecule has 0 aliphatic carbocycles. The highest BCUT2D eigenvalue weighted by Crippen LogP contribution is 2.11. The molecule has 0 spiro atoms. The van der Waals surface area contributed by atoms with Crippen molar-refractivity contribution in [2.75, 3.05) is 6.61 Å². The van der Waals surface area contributed by atoms with Crippen molar-refractivity contribution < 1.29 is 18.3 Å². The third-order valence-corrected chi connectivity index (χ3v) is 4.43. The lowest BCUT2D eigenvalue weighted by Crippen LogP contribution is -2.33. The molecule has 118 valence electrons. The molecule has 0 fully saturated rings. The minimum absolute atomic E-state index is 0.000496. The van der Waals surface area contributed by atoms with E-state index in [0.717, 1.165) is 0 Å². The Morgan fingerprint density at radius 1 is 1.19 bits per heavy atom. The Kier molecular flexibility index (Phi) is 6.32. The number of hydrogen-bond acceptors (Lipinski definition) is 4. The highest BCUT2D eigenvalue weighted by atomic mass is 32.2. The van der Waals surface area contributed by atoms with Crippen LogP contribution in [0, 0.1) is 0 Å². The Labute approximate surface area is 125 Å². The highest BCUT2D eigenvalue weighted by molar-refractivity contribution is 7.89. The summed E-state index contributed by atoms with van der Waals surface area (Å²) in [6, 6.07) is 5.39. The van der Waals surface area contributed by atoms with Crippen molar-refractivity contribution in [1.29, 1.82) is 0 Å². The van der Waals surface area contributed by atoms with E-state index in [9.17, 15) is 13.2 Å². The van der Waals surface area contributed by atoms with Gasteiger partial charge in [-0.3, -0.25) is 4.79 Å². The van der Waals surface area contributed by atoms with Gasteiger partial charge < -0.3 is 10.4 Å². The highest BCUT2D eigenvalue weighted by Gasteiger charge is 2.16. The summed E-state index contributed by atoms with van der Waals surface area (Å²) < 4.78 is 26.4. The maximum Gasteiger partial charge on any atom is 0.251 e. The molecule has 1 atom stereocenters. The fraction of sp³-hybridized carbons (Fsp3) is 0.500. The van der Waals surface area contributed by atoms with Crippen LogP contribution in [0.3, 0.4) is 0 Å². The summed E-state index contributed by atoms with van der Waals surface area (Å²) in [5.74, 6) is -0.295. The third kappa shape index (κ3) is 5.45. The van der Waals surface area contributed by atoms with Crippen molar-refractivity contribution in [2.45, 2.75) is 44.2 Å².